The maximum atomic E-state index is 12.5. The Bertz CT molecular complexity index is 664. The first kappa shape index (κ1) is 17.1. The first-order valence-electron chi connectivity index (χ1n) is 9.27. The van der Waals surface area contributed by atoms with Crippen molar-refractivity contribution in [2.24, 2.45) is 5.92 Å². The van der Waals surface area contributed by atoms with E-state index in [1.807, 2.05) is 0 Å². The maximum absolute atomic E-state index is 12.5. The molecule has 0 radical (unpaired) electrons. The van der Waals surface area contributed by atoms with Crippen molar-refractivity contribution in [2.75, 3.05) is 50.7 Å². The Balaban J connectivity index is 1.29. The number of fused-ring (bicyclic) bond motifs is 3. The van der Waals surface area contributed by atoms with Gasteiger partial charge in [0.25, 0.3) is 5.69 Å². The van der Waals surface area contributed by atoms with Crippen LogP contribution in [0.25, 0.3) is 0 Å². The summed E-state index contributed by atoms with van der Waals surface area (Å²) in [6.07, 6.45) is 2.10. The van der Waals surface area contributed by atoms with Gasteiger partial charge in [-0.25, -0.2) is 4.79 Å². The van der Waals surface area contributed by atoms with Crippen LogP contribution in [0.3, 0.4) is 0 Å². The number of ether oxygens (including phenoxy) is 1. The minimum absolute atomic E-state index is 0.0395. The van der Waals surface area contributed by atoms with Crippen molar-refractivity contribution in [2.45, 2.75) is 18.9 Å². The van der Waals surface area contributed by atoms with Gasteiger partial charge in [0, 0.05) is 50.5 Å². The normalized spacial score (nSPS) is 28.1. The molecule has 0 aromatic heterocycles. The largest absolute Gasteiger partial charge is 0.444 e. The van der Waals surface area contributed by atoms with Crippen molar-refractivity contribution in [3.8, 4) is 0 Å². The van der Waals surface area contributed by atoms with E-state index in [1.165, 1.54) is 12.1 Å². The van der Waals surface area contributed by atoms with E-state index in [-0.39, 0.29) is 17.9 Å². The number of anilines is 1. The van der Waals surface area contributed by atoms with Crippen molar-refractivity contribution in [1.82, 2.24) is 9.80 Å². The molecule has 4 heterocycles. The van der Waals surface area contributed by atoms with Crippen LogP contribution in [0.1, 0.15) is 12.8 Å². The second kappa shape index (κ2) is 7.11. The fourth-order valence-electron chi connectivity index (χ4n) is 4.18. The van der Waals surface area contributed by atoms with Gasteiger partial charge >= 0.3 is 6.09 Å². The van der Waals surface area contributed by atoms with Gasteiger partial charge in [-0.15, -0.1) is 0 Å². The van der Waals surface area contributed by atoms with Crippen molar-refractivity contribution in [3.05, 3.63) is 34.4 Å². The first-order valence-corrected chi connectivity index (χ1v) is 9.27. The third-order valence-electron chi connectivity index (χ3n) is 5.81. The van der Waals surface area contributed by atoms with Crippen LogP contribution in [-0.2, 0) is 4.74 Å². The summed E-state index contributed by atoms with van der Waals surface area (Å²) in [6, 6.07) is 6.56. The highest BCUT2D eigenvalue weighted by atomic mass is 16.6. The monoisotopic (exact) mass is 360 g/mol. The number of piperidine rings is 3. The number of piperazine rings is 1. The summed E-state index contributed by atoms with van der Waals surface area (Å²) in [5.41, 5.74) is 1.04. The molecule has 1 aromatic rings. The van der Waals surface area contributed by atoms with Gasteiger partial charge in [0.1, 0.15) is 6.10 Å². The van der Waals surface area contributed by atoms with E-state index in [0.29, 0.717) is 32.1 Å². The van der Waals surface area contributed by atoms with E-state index in [4.69, 9.17) is 4.74 Å². The number of amides is 1. The standard InChI is InChI=1S/C18H24N4O4/c23-18(26-17-13-19-7-5-14(17)6-8-19)21-11-9-20(10-12-21)15-1-3-16(4-2-15)22(24)25/h1-4,14,17H,5-13H2/t17-/m0/s1. The Morgan fingerprint density at radius 3 is 2.23 bits per heavy atom. The van der Waals surface area contributed by atoms with E-state index < -0.39 is 4.92 Å². The van der Waals surface area contributed by atoms with Crippen LogP contribution in [0.2, 0.25) is 0 Å². The highest BCUT2D eigenvalue weighted by Crippen LogP contribution is 2.30. The first-order chi connectivity index (χ1) is 12.6. The Kier molecular flexibility index (Phi) is 4.67. The molecule has 4 saturated heterocycles. The lowest BCUT2D eigenvalue weighted by Crippen LogP contribution is -2.54. The van der Waals surface area contributed by atoms with E-state index in [1.54, 1.807) is 17.0 Å². The van der Waals surface area contributed by atoms with Crippen LogP contribution in [0, 0.1) is 16.0 Å². The number of nitrogens with zero attached hydrogens (tertiary/aromatic N) is 4. The lowest BCUT2D eigenvalue weighted by molar-refractivity contribution is -0.384. The van der Waals surface area contributed by atoms with Gasteiger partial charge < -0.3 is 14.5 Å². The zero-order chi connectivity index (χ0) is 18.1. The number of nitro benzene ring substituents is 1. The van der Waals surface area contributed by atoms with Crippen molar-refractivity contribution >= 4 is 17.5 Å². The number of benzene rings is 1. The number of nitro groups is 1. The smallest absolute Gasteiger partial charge is 0.410 e. The van der Waals surface area contributed by atoms with E-state index in [2.05, 4.69) is 9.80 Å². The fraction of sp³-hybridized carbons (Fsp3) is 0.611. The zero-order valence-corrected chi connectivity index (χ0v) is 14.7. The molecule has 4 aliphatic heterocycles. The van der Waals surface area contributed by atoms with Gasteiger partial charge in [-0.1, -0.05) is 0 Å². The molecule has 0 unspecified atom stereocenters. The predicted octanol–water partition coefficient (Wildman–Crippen LogP) is 1.95. The molecule has 1 amide bonds. The van der Waals surface area contributed by atoms with Gasteiger partial charge in [0.15, 0.2) is 0 Å². The van der Waals surface area contributed by atoms with Crippen molar-refractivity contribution in [3.63, 3.8) is 0 Å². The molecule has 0 saturated carbocycles. The summed E-state index contributed by atoms with van der Waals surface area (Å²) in [7, 11) is 0. The topological polar surface area (TPSA) is 79.2 Å². The molecule has 8 nitrogen and oxygen atoms in total. The van der Waals surface area contributed by atoms with Crippen LogP contribution in [-0.4, -0.2) is 72.7 Å². The molecule has 5 rings (SSSR count). The molecule has 1 atom stereocenters. The van der Waals surface area contributed by atoms with Crippen molar-refractivity contribution < 1.29 is 14.5 Å². The van der Waals surface area contributed by atoms with Gasteiger partial charge in [-0.2, -0.15) is 0 Å². The highest BCUT2D eigenvalue weighted by Gasteiger charge is 2.37. The number of rotatable bonds is 3. The number of hydrogen-bond acceptors (Lipinski definition) is 6. The van der Waals surface area contributed by atoms with Gasteiger partial charge in [-0.3, -0.25) is 15.0 Å². The number of non-ortho nitro benzene ring substituents is 1. The van der Waals surface area contributed by atoms with Gasteiger partial charge in [0.05, 0.1) is 4.92 Å². The predicted molar refractivity (Wildman–Crippen MR) is 96.3 cm³/mol. The third kappa shape index (κ3) is 3.46. The average molecular weight is 360 g/mol. The Morgan fingerprint density at radius 2 is 1.69 bits per heavy atom. The molecule has 0 N–H and O–H groups in total. The minimum Gasteiger partial charge on any atom is -0.444 e. The Morgan fingerprint density at radius 1 is 1.04 bits per heavy atom. The number of carbonyl (C=O) groups excluding carboxylic acids is 1. The molecule has 26 heavy (non-hydrogen) atoms. The summed E-state index contributed by atoms with van der Waals surface area (Å²) >= 11 is 0. The average Bonchev–Trinajstić information content (AvgIpc) is 2.69. The third-order valence-corrected chi connectivity index (χ3v) is 5.81. The lowest BCUT2D eigenvalue weighted by atomic mass is 9.86. The molecule has 0 spiro atoms. The molecule has 2 bridgehead atoms. The van der Waals surface area contributed by atoms with E-state index >= 15 is 0 Å². The SMILES string of the molecule is O=C(O[C@H]1CN2CCC1CC2)N1CCN(c2ccc([N+](=O)[O-])cc2)CC1. The van der Waals surface area contributed by atoms with Crippen LogP contribution >= 0.6 is 0 Å². The second-order valence-corrected chi connectivity index (χ2v) is 7.31. The molecule has 4 aliphatic rings. The zero-order valence-electron chi connectivity index (χ0n) is 14.7. The van der Waals surface area contributed by atoms with Crippen LogP contribution < -0.4 is 4.90 Å². The van der Waals surface area contributed by atoms with Crippen LogP contribution in [0.4, 0.5) is 16.2 Å². The van der Waals surface area contributed by atoms with Gasteiger partial charge in [0.2, 0.25) is 0 Å². The molecule has 8 heteroatoms. The molecular weight excluding hydrogens is 336 g/mol. The summed E-state index contributed by atoms with van der Waals surface area (Å²) in [5.74, 6) is 0.519. The number of hydrogen-bond donors (Lipinski definition) is 0. The highest BCUT2D eigenvalue weighted by molar-refractivity contribution is 5.68. The molecule has 140 valence electrons. The van der Waals surface area contributed by atoms with Gasteiger partial charge in [-0.05, 0) is 44.0 Å². The fourth-order valence-corrected chi connectivity index (χ4v) is 4.18. The number of carbonyl (C=O) groups is 1. The summed E-state index contributed by atoms with van der Waals surface area (Å²) < 4.78 is 5.80. The van der Waals surface area contributed by atoms with E-state index in [9.17, 15) is 14.9 Å². The summed E-state index contributed by atoms with van der Waals surface area (Å²) in [6.45, 7) is 5.76. The van der Waals surface area contributed by atoms with E-state index in [0.717, 1.165) is 38.2 Å². The Hall–Kier alpha value is -2.35. The molecule has 0 aliphatic carbocycles. The quantitative estimate of drug-likeness (QED) is 0.605. The van der Waals surface area contributed by atoms with Crippen molar-refractivity contribution in [1.29, 1.82) is 0 Å². The van der Waals surface area contributed by atoms with Crippen LogP contribution in [0.5, 0.6) is 0 Å². The second-order valence-electron chi connectivity index (χ2n) is 7.31. The Labute approximate surface area is 152 Å². The lowest BCUT2D eigenvalue weighted by Gasteiger charge is -2.44. The molecule has 4 fully saturated rings. The minimum atomic E-state index is -0.397. The summed E-state index contributed by atoms with van der Waals surface area (Å²) in [5, 5.41) is 10.7. The van der Waals surface area contributed by atoms with Crippen LogP contribution in [0.15, 0.2) is 24.3 Å². The summed E-state index contributed by atoms with van der Waals surface area (Å²) in [4.78, 5) is 29.1. The molecule has 1 aromatic carbocycles. The molecular formula is C18H24N4O4. The maximum Gasteiger partial charge on any atom is 0.410 e.